The smallest absolute Gasteiger partial charge is 0.247 e. The summed E-state index contributed by atoms with van der Waals surface area (Å²) in [4.78, 5) is 38.0. The highest BCUT2D eigenvalue weighted by molar-refractivity contribution is 8.00. The van der Waals surface area contributed by atoms with Gasteiger partial charge in [0.15, 0.2) is 0 Å². The number of carbonyl (C=O) groups is 3. The molecule has 1 aliphatic rings. The second kappa shape index (κ2) is 6.72. The van der Waals surface area contributed by atoms with Gasteiger partial charge in [0.05, 0.1) is 16.9 Å². The van der Waals surface area contributed by atoms with Gasteiger partial charge in [-0.2, -0.15) is 0 Å². The summed E-state index contributed by atoms with van der Waals surface area (Å²) in [6.07, 6.45) is 0.0396. The first-order chi connectivity index (χ1) is 11.9. The van der Waals surface area contributed by atoms with Crippen molar-refractivity contribution in [2.75, 3.05) is 4.90 Å². The average Bonchev–Trinajstić information content (AvgIpc) is 2.80. The molecule has 2 aromatic rings. The fraction of sp³-hybridized carbons (Fsp3) is 0.211. The molecule has 0 aromatic heterocycles. The summed E-state index contributed by atoms with van der Waals surface area (Å²) in [5, 5.41) is 10.6. The first kappa shape index (κ1) is 17.2. The van der Waals surface area contributed by atoms with E-state index in [0.717, 1.165) is 22.9 Å². The standard InChI is InChI=1S/C19H17NO4S/c1-11-7-12(2)9-13(8-11)20-17(21)10-16(18(20)22)25-15-6-4-3-5-14(15)19(23)24/h3-9,16H,10H2,1-2H3,(H,23,24)/p-1/t16-/m0/s1. The molecule has 0 saturated carbocycles. The Hall–Kier alpha value is -2.60. The maximum Gasteiger partial charge on any atom is 0.247 e. The molecule has 6 heteroatoms. The van der Waals surface area contributed by atoms with Crippen molar-refractivity contribution < 1.29 is 19.5 Å². The molecular formula is C19H16NO4S-. The van der Waals surface area contributed by atoms with Crippen LogP contribution < -0.4 is 10.0 Å². The van der Waals surface area contributed by atoms with Crippen LogP contribution in [0.2, 0.25) is 0 Å². The summed E-state index contributed by atoms with van der Waals surface area (Å²) in [5.74, 6) is -1.90. The highest BCUT2D eigenvalue weighted by Crippen LogP contribution is 2.35. The summed E-state index contributed by atoms with van der Waals surface area (Å²) in [6, 6.07) is 11.9. The van der Waals surface area contributed by atoms with Crippen LogP contribution in [0.4, 0.5) is 5.69 Å². The van der Waals surface area contributed by atoms with E-state index in [4.69, 9.17) is 0 Å². The van der Waals surface area contributed by atoms with Crippen molar-refractivity contribution in [2.24, 2.45) is 0 Å². The van der Waals surface area contributed by atoms with Crippen LogP contribution in [-0.4, -0.2) is 23.0 Å². The van der Waals surface area contributed by atoms with Gasteiger partial charge in [-0.15, -0.1) is 11.8 Å². The number of carboxylic acids is 1. The molecule has 1 fully saturated rings. The van der Waals surface area contributed by atoms with Gasteiger partial charge in [0.1, 0.15) is 0 Å². The van der Waals surface area contributed by atoms with Crippen molar-refractivity contribution in [1.29, 1.82) is 0 Å². The molecule has 3 rings (SSSR count). The summed E-state index contributed by atoms with van der Waals surface area (Å²) >= 11 is 1.09. The molecule has 0 unspecified atom stereocenters. The Morgan fingerprint density at radius 3 is 2.40 bits per heavy atom. The third-order valence-corrected chi connectivity index (χ3v) is 5.21. The van der Waals surface area contributed by atoms with Gasteiger partial charge < -0.3 is 9.90 Å². The molecular weight excluding hydrogens is 338 g/mol. The number of hydrogen-bond donors (Lipinski definition) is 0. The number of anilines is 1. The predicted molar refractivity (Wildman–Crippen MR) is 93.4 cm³/mol. The minimum absolute atomic E-state index is 0.0256. The van der Waals surface area contributed by atoms with E-state index in [1.165, 1.54) is 11.0 Å². The topological polar surface area (TPSA) is 77.5 Å². The number of carbonyl (C=O) groups excluding carboxylic acids is 3. The Morgan fingerprint density at radius 2 is 1.76 bits per heavy atom. The molecule has 25 heavy (non-hydrogen) atoms. The molecule has 2 amide bonds. The Labute approximate surface area is 149 Å². The van der Waals surface area contributed by atoms with Crippen molar-refractivity contribution in [2.45, 2.75) is 30.4 Å². The number of carboxylic acid groups (broad SMARTS) is 1. The molecule has 128 valence electrons. The summed E-state index contributed by atoms with van der Waals surface area (Å²) < 4.78 is 0. The molecule has 1 atom stereocenters. The van der Waals surface area contributed by atoms with Crippen molar-refractivity contribution >= 4 is 35.2 Å². The van der Waals surface area contributed by atoms with Crippen LogP contribution in [0.1, 0.15) is 27.9 Å². The van der Waals surface area contributed by atoms with E-state index in [0.29, 0.717) is 10.6 Å². The zero-order valence-electron chi connectivity index (χ0n) is 13.8. The lowest BCUT2D eigenvalue weighted by Crippen LogP contribution is -2.31. The fourth-order valence-electron chi connectivity index (χ4n) is 2.94. The Bertz CT molecular complexity index is 857. The van der Waals surface area contributed by atoms with Crippen LogP contribution in [0, 0.1) is 13.8 Å². The number of amides is 2. The zero-order valence-corrected chi connectivity index (χ0v) is 14.6. The molecule has 1 aliphatic heterocycles. The van der Waals surface area contributed by atoms with E-state index < -0.39 is 11.2 Å². The van der Waals surface area contributed by atoms with Crippen molar-refractivity contribution in [3.8, 4) is 0 Å². The van der Waals surface area contributed by atoms with Crippen LogP contribution in [0.15, 0.2) is 47.4 Å². The van der Waals surface area contributed by atoms with Gasteiger partial charge in [0, 0.05) is 16.9 Å². The molecule has 0 N–H and O–H groups in total. The van der Waals surface area contributed by atoms with Crippen molar-refractivity contribution in [3.63, 3.8) is 0 Å². The number of rotatable bonds is 4. The summed E-state index contributed by atoms with van der Waals surface area (Å²) in [7, 11) is 0. The SMILES string of the molecule is Cc1cc(C)cc(N2C(=O)C[C@H](Sc3ccccc3C(=O)[O-])C2=O)c1. The molecule has 5 nitrogen and oxygen atoms in total. The van der Waals surface area contributed by atoms with Crippen molar-refractivity contribution in [3.05, 3.63) is 59.2 Å². The number of hydrogen-bond acceptors (Lipinski definition) is 5. The van der Waals surface area contributed by atoms with Gasteiger partial charge in [0.25, 0.3) is 0 Å². The van der Waals surface area contributed by atoms with Gasteiger partial charge in [-0.05, 0) is 43.2 Å². The molecule has 0 radical (unpaired) electrons. The number of aryl methyl sites for hydroxylation is 2. The largest absolute Gasteiger partial charge is 0.545 e. The number of nitrogens with zero attached hydrogens (tertiary/aromatic N) is 1. The van der Waals surface area contributed by atoms with Crippen LogP contribution >= 0.6 is 11.8 Å². The van der Waals surface area contributed by atoms with Gasteiger partial charge in [-0.25, -0.2) is 4.90 Å². The molecule has 1 heterocycles. The van der Waals surface area contributed by atoms with E-state index in [1.807, 2.05) is 19.9 Å². The Morgan fingerprint density at radius 1 is 1.12 bits per heavy atom. The quantitative estimate of drug-likeness (QED) is 0.786. The highest BCUT2D eigenvalue weighted by Gasteiger charge is 2.40. The monoisotopic (exact) mass is 354 g/mol. The second-order valence-corrected chi connectivity index (χ2v) is 7.25. The highest BCUT2D eigenvalue weighted by atomic mass is 32.2. The molecule has 0 spiro atoms. The van der Waals surface area contributed by atoms with E-state index in [2.05, 4.69) is 0 Å². The van der Waals surface area contributed by atoms with E-state index in [9.17, 15) is 19.5 Å². The number of thioether (sulfide) groups is 1. The lowest BCUT2D eigenvalue weighted by Gasteiger charge is -2.17. The molecule has 0 bridgehead atoms. The molecule has 1 saturated heterocycles. The molecule has 0 aliphatic carbocycles. The minimum Gasteiger partial charge on any atom is -0.545 e. The van der Waals surface area contributed by atoms with Crippen LogP contribution in [0.3, 0.4) is 0 Å². The van der Waals surface area contributed by atoms with Crippen LogP contribution in [0.25, 0.3) is 0 Å². The minimum atomic E-state index is -1.30. The zero-order chi connectivity index (χ0) is 18.1. The third kappa shape index (κ3) is 3.44. The lowest BCUT2D eigenvalue weighted by molar-refractivity contribution is -0.255. The maximum atomic E-state index is 12.7. The Balaban J connectivity index is 1.88. The van der Waals surface area contributed by atoms with Crippen molar-refractivity contribution in [1.82, 2.24) is 0 Å². The number of benzene rings is 2. The van der Waals surface area contributed by atoms with Crippen LogP contribution in [0.5, 0.6) is 0 Å². The van der Waals surface area contributed by atoms with Gasteiger partial charge >= 0.3 is 0 Å². The molecule has 2 aromatic carbocycles. The van der Waals surface area contributed by atoms with Gasteiger partial charge in [-0.3, -0.25) is 9.59 Å². The first-order valence-electron chi connectivity index (χ1n) is 7.79. The average molecular weight is 354 g/mol. The Kier molecular flexibility index (Phi) is 4.63. The first-order valence-corrected chi connectivity index (χ1v) is 8.67. The normalized spacial score (nSPS) is 17.2. The summed E-state index contributed by atoms with van der Waals surface area (Å²) in [5.41, 5.74) is 2.52. The number of aromatic carboxylic acids is 1. The third-order valence-electron chi connectivity index (χ3n) is 3.95. The van der Waals surface area contributed by atoms with Gasteiger partial charge in [-0.1, -0.05) is 24.3 Å². The predicted octanol–water partition coefficient (Wildman–Crippen LogP) is 2.09. The second-order valence-electron chi connectivity index (χ2n) is 6.01. The fourth-order valence-corrected chi connectivity index (χ4v) is 4.11. The van der Waals surface area contributed by atoms with E-state index >= 15 is 0 Å². The summed E-state index contributed by atoms with van der Waals surface area (Å²) in [6.45, 7) is 3.81. The number of imide groups is 1. The van der Waals surface area contributed by atoms with E-state index in [1.54, 1.807) is 30.3 Å². The van der Waals surface area contributed by atoms with E-state index in [-0.39, 0.29) is 23.8 Å². The lowest BCUT2D eigenvalue weighted by atomic mass is 10.1. The van der Waals surface area contributed by atoms with Crippen LogP contribution in [-0.2, 0) is 9.59 Å². The maximum absolute atomic E-state index is 12.7. The van der Waals surface area contributed by atoms with Gasteiger partial charge in [0.2, 0.25) is 11.8 Å².